The molecule has 2 aliphatic rings. The lowest BCUT2D eigenvalue weighted by Gasteiger charge is -2.17. The maximum Gasteiger partial charge on any atom is 0.0510 e. The van der Waals surface area contributed by atoms with E-state index in [1.807, 2.05) is 0 Å². The minimum atomic E-state index is 0.340. The quantitative estimate of drug-likeness (QED) is 0.842. The van der Waals surface area contributed by atoms with Gasteiger partial charge in [0.25, 0.3) is 0 Å². The van der Waals surface area contributed by atoms with E-state index in [1.54, 1.807) is 0 Å². The Morgan fingerprint density at radius 3 is 2.75 bits per heavy atom. The predicted octanol–water partition coefficient (Wildman–Crippen LogP) is 2.15. The van der Waals surface area contributed by atoms with Gasteiger partial charge in [0.1, 0.15) is 0 Å². The molecule has 1 saturated heterocycles. The summed E-state index contributed by atoms with van der Waals surface area (Å²) in [4.78, 5) is 0. The maximum absolute atomic E-state index is 6.33. The van der Waals surface area contributed by atoms with Crippen molar-refractivity contribution in [3.05, 3.63) is 35.9 Å². The Morgan fingerprint density at radius 2 is 2.06 bits per heavy atom. The van der Waals surface area contributed by atoms with Crippen LogP contribution in [0.25, 0.3) is 0 Å². The SMILES string of the molecule is NC(C1CCOC1)C1CC1c1ccccc1. The van der Waals surface area contributed by atoms with E-state index in [2.05, 4.69) is 30.3 Å². The fourth-order valence-corrected chi connectivity index (χ4v) is 2.93. The van der Waals surface area contributed by atoms with E-state index in [1.165, 1.54) is 12.0 Å². The van der Waals surface area contributed by atoms with Gasteiger partial charge >= 0.3 is 0 Å². The second-order valence-electron chi connectivity index (χ2n) is 5.12. The normalized spacial score (nSPS) is 34.9. The van der Waals surface area contributed by atoms with Gasteiger partial charge in [0.05, 0.1) is 6.61 Å². The first-order valence-electron chi connectivity index (χ1n) is 6.24. The zero-order valence-electron chi connectivity index (χ0n) is 9.51. The minimum Gasteiger partial charge on any atom is -0.381 e. The van der Waals surface area contributed by atoms with Crippen LogP contribution in [0.1, 0.15) is 24.3 Å². The molecular formula is C14H19NO. The number of benzene rings is 1. The summed E-state index contributed by atoms with van der Waals surface area (Å²) in [5, 5.41) is 0. The first-order chi connectivity index (χ1) is 7.86. The zero-order valence-corrected chi connectivity index (χ0v) is 9.51. The summed E-state index contributed by atoms with van der Waals surface area (Å²) in [5.74, 6) is 1.99. The summed E-state index contributed by atoms with van der Waals surface area (Å²) in [7, 11) is 0. The first kappa shape index (κ1) is 10.3. The van der Waals surface area contributed by atoms with Gasteiger partial charge in [0, 0.05) is 12.6 Å². The molecule has 4 unspecified atom stereocenters. The monoisotopic (exact) mass is 217 g/mol. The Hall–Kier alpha value is -0.860. The molecule has 0 aromatic heterocycles. The highest BCUT2D eigenvalue weighted by atomic mass is 16.5. The summed E-state index contributed by atoms with van der Waals surface area (Å²) in [6, 6.07) is 11.1. The third-order valence-corrected chi connectivity index (χ3v) is 4.07. The molecule has 0 radical (unpaired) electrons. The Labute approximate surface area is 96.8 Å². The highest BCUT2D eigenvalue weighted by Crippen LogP contribution is 2.50. The molecule has 1 aromatic rings. The highest BCUT2D eigenvalue weighted by Gasteiger charge is 2.45. The van der Waals surface area contributed by atoms with E-state index in [4.69, 9.17) is 10.5 Å². The van der Waals surface area contributed by atoms with Crippen LogP contribution >= 0.6 is 0 Å². The van der Waals surface area contributed by atoms with E-state index < -0.39 is 0 Å². The zero-order chi connectivity index (χ0) is 11.0. The molecule has 2 nitrogen and oxygen atoms in total. The van der Waals surface area contributed by atoms with Gasteiger partial charge in [-0.05, 0) is 36.2 Å². The lowest BCUT2D eigenvalue weighted by Crippen LogP contribution is -2.33. The topological polar surface area (TPSA) is 35.2 Å². The molecule has 0 bridgehead atoms. The summed E-state index contributed by atoms with van der Waals surface area (Å²) >= 11 is 0. The van der Waals surface area contributed by atoms with Crippen LogP contribution in [-0.2, 0) is 4.74 Å². The van der Waals surface area contributed by atoms with Crippen LogP contribution in [-0.4, -0.2) is 19.3 Å². The van der Waals surface area contributed by atoms with Gasteiger partial charge in [-0.25, -0.2) is 0 Å². The van der Waals surface area contributed by atoms with Gasteiger partial charge in [-0.15, -0.1) is 0 Å². The summed E-state index contributed by atoms with van der Waals surface area (Å²) in [5.41, 5.74) is 7.79. The molecule has 0 amide bonds. The molecule has 2 N–H and O–H groups in total. The number of hydrogen-bond donors (Lipinski definition) is 1. The molecule has 0 spiro atoms. The molecule has 2 fully saturated rings. The van der Waals surface area contributed by atoms with Crippen molar-refractivity contribution < 1.29 is 4.74 Å². The molecule has 16 heavy (non-hydrogen) atoms. The van der Waals surface area contributed by atoms with Crippen LogP contribution < -0.4 is 5.73 Å². The van der Waals surface area contributed by atoms with Crippen molar-refractivity contribution in [2.45, 2.75) is 24.8 Å². The van der Waals surface area contributed by atoms with E-state index in [0.29, 0.717) is 23.8 Å². The number of hydrogen-bond acceptors (Lipinski definition) is 2. The van der Waals surface area contributed by atoms with Crippen molar-refractivity contribution in [3.63, 3.8) is 0 Å². The summed E-state index contributed by atoms with van der Waals surface area (Å²) in [6.45, 7) is 1.78. The smallest absolute Gasteiger partial charge is 0.0510 e. The average molecular weight is 217 g/mol. The summed E-state index contributed by atoms with van der Waals surface area (Å²) in [6.07, 6.45) is 2.42. The fourth-order valence-electron chi connectivity index (χ4n) is 2.93. The Balaban J connectivity index is 1.63. The van der Waals surface area contributed by atoms with Gasteiger partial charge in [-0.3, -0.25) is 0 Å². The number of rotatable bonds is 3. The van der Waals surface area contributed by atoms with Gasteiger partial charge in [0.15, 0.2) is 0 Å². The molecular weight excluding hydrogens is 198 g/mol. The van der Waals surface area contributed by atoms with Crippen LogP contribution in [0.4, 0.5) is 0 Å². The van der Waals surface area contributed by atoms with Gasteiger partial charge in [-0.2, -0.15) is 0 Å². The van der Waals surface area contributed by atoms with Crippen LogP contribution in [0.3, 0.4) is 0 Å². The molecule has 4 atom stereocenters. The molecule has 2 heteroatoms. The van der Waals surface area contributed by atoms with E-state index in [0.717, 1.165) is 19.6 Å². The lowest BCUT2D eigenvalue weighted by atomic mass is 9.93. The van der Waals surface area contributed by atoms with Crippen LogP contribution in [0.5, 0.6) is 0 Å². The second kappa shape index (κ2) is 4.19. The van der Waals surface area contributed by atoms with Crippen molar-refractivity contribution >= 4 is 0 Å². The van der Waals surface area contributed by atoms with Crippen molar-refractivity contribution in [3.8, 4) is 0 Å². The van der Waals surface area contributed by atoms with E-state index in [-0.39, 0.29) is 0 Å². The molecule has 1 aromatic carbocycles. The average Bonchev–Trinajstić information content (AvgIpc) is 2.95. The molecule has 1 heterocycles. The third-order valence-electron chi connectivity index (χ3n) is 4.07. The Bertz CT molecular complexity index is 345. The Kier molecular flexibility index (Phi) is 2.70. The molecule has 1 aliphatic carbocycles. The van der Waals surface area contributed by atoms with Crippen molar-refractivity contribution in [1.82, 2.24) is 0 Å². The molecule has 1 saturated carbocycles. The van der Waals surface area contributed by atoms with Gasteiger partial charge < -0.3 is 10.5 Å². The van der Waals surface area contributed by atoms with Crippen LogP contribution in [0, 0.1) is 11.8 Å². The molecule has 1 aliphatic heterocycles. The van der Waals surface area contributed by atoms with E-state index in [9.17, 15) is 0 Å². The first-order valence-corrected chi connectivity index (χ1v) is 6.24. The number of ether oxygens (including phenoxy) is 1. The van der Waals surface area contributed by atoms with Crippen molar-refractivity contribution in [2.75, 3.05) is 13.2 Å². The summed E-state index contributed by atoms with van der Waals surface area (Å²) < 4.78 is 5.42. The lowest BCUT2D eigenvalue weighted by molar-refractivity contribution is 0.178. The van der Waals surface area contributed by atoms with Crippen molar-refractivity contribution in [1.29, 1.82) is 0 Å². The van der Waals surface area contributed by atoms with Gasteiger partial charge in [0.2, 0.25) is 0 Å². The largest absolute Gasteiger partial charge is 0.381 e. The van der Waals surface area contributed by atoms with Crippen LogP contribution in [0.15, 0.2) is 30.3 Å². The van der Waals surface area contributed by atoms with Crippen molar-refractivity contribution in [2.24, 2.45) is 17.6 Å². The molecule has 3 rings (SSSR count). The van der Waals surface area contributed by atoms with Crippen LogP contribution in [0.2, 0.25) is 0 Å². The third kappa shape index (κ3) is 1.87. The highest BCUT2D eigenvalue weighted by molar-refractivity contribution is 5.26. The predicted molar refractivity (Wildman–Crippen MR) is 64.2 cm³/mol. The maximum atomic E-state index is 6.33. The second-order valence-corrected chi connectivity index (χ2v) is 5.12. The molecule has 86 valence electrons. The van der Waals surface area contributed by atoms with E-state index >= 15 is 0 Å². The standard InChI is InChI=1S/C14H19NO/c15-14(11-6-7-16-9-11)13-8-12(13)10-4-2-1-3-5-10/h1-5,11-14H,6-9,15H2. The minimum absolute atomic E-state index is 0.340. The Morgan fingerprint density at radius 1 is 1.25 bits per heavy atom. The number of nitrogens with two attached hydrogens (primary N) is 1. The fraction of sp³-hybridized carbons (Fsp3) is 0.571. The van der Waals surface area contributed by atoms with Gasteiger partial charge in [-0.1, -0.05) is 30.3 Å².